The van der Waals surface area contributed by atoms with Gasteiger partial charge in [0, 0.05) is 5.56 Å². The van der Waals surface area contributed by atoms with Crippen molar-refractivity contribution < 1.29 is 9.08 Å². The maximum atomic E-state index is 10.2. The summed E-state index contributed by atoms with van der Waals surface area (Å²) in [4.78, 5) is 10.2. The molecule has 0 spiro atoms. The van der Waals surface area contributed by atoms with Gasteiger partial charge in [-0.1, -0.05) is 12.1 Å². The second-order valence-electron chi connectivity index (χ2n) is 1.77. The number of hydrogen-bond acceptors (Lipinski definition) is 2. The third-order valence-corrected chi connectivity index (χ3v) is 1.26. The van der Waals surface area contributed by atoms with E-state index in [0.29, 0.717) is 11.3 Å². The van der Waals surface area contributed by atoms with Crippen molar-refractivity contribution >= 4 is 18.2 Å². The van der Waals surface area contributed by atoms with E-state index in [-0.39, 0.29) is 0 Å². The van der Waals surface area contributed by atoms with Crippen molar-refractivity contribution in [2.24, 2.45) is 0 Å². The van der Waals surface area contributed by atoms with E-state index in [1.165, 1.54) is 0 Å². The molecular formula is C7H5ClO2. The molecule has 1 rings (SSSR count). The quantitative estimate of drug-likeness (QED) is 0.613. The summed E-state index contributed by atoms with van der Waals surface area (Å²) < 4.78 is 4.37. The zero-order valence-electron chi connectivity index (χ0n) is 5.08. The Morgan fingerprint density at radius 3 is 2.90 bits per heavy atom. The molecule has 2 nitrogen and oxygen atoms in total. The molecule has 3 heteroatoms. The molecule has 0 unspecified atom stereocenters. The Morgan fingerprint density at radius 1 is 1.50 bits per heavy atom. The first kappa shape index (κ1) is 7.09. The van der Waals surface area contributed by atoms with E-state index in [0.717, 1.165) is 6.29 Å². The number of benzene rings is 1. The third-order valence-electron chi connectivity index (χ3n) is 1.08. The Labute approximate surface area is 63.5 Å². The summed E-state index contributed by atoms with van der Waals surface area (Å²) >= 11 is 5.04. The van der Waals surface area contributed by atoms with Crippen molar-refractivity contribution in [2.45, 2.75) is 0 Å². The molecule has 0 fully saturated rings. The van der Waals surface area contributed by atoms with Gasteiger partial charge in [-0.25, -0.2) is 0 Å². The highest BCUT2D eigenvalue weighted by Crippen LogP contribution is 2.12. The minimum Gasteiger partial charge on any atom is -0.386 e. The van der Waals surface area contributed by atoms with E-state index in [9.17, 15) is 4.79 Å². The molecule has 10 heavy (non-hydrogen) atoms. The fourth-order valence-corrected chi connectivity index (χ4v) is 0.732. The fourth-order valence-electron chi connectivity index (χ4n) is 0.636. The van der Waals surface area contributed by atoms with Gasteiger partial charge in [-0.05, 0) is 12.1 Å². The van der Waals surface area contributed by atoms with Gasteiger partial charge in [0.1, 0.15) is 23.9 Å². The molecule has 0 aromatic heterocycles. The number of carbonyl (C=O) groups excluding carboxylic acids is 1. The van der Waals surface area contributed by atoms with Gasteiger partial charge in [0.25, 0.3) is 0 Å². The first-order valence-electron chi connectivity index (χ1n) is 2.70. The average Bonchev–Trinajstić information content (AvgIpc) is 2.05. The molecule has 1 aromatic rings. The lowest BCUT2D eigenvalue weighted by Crippen LogP contribution is -1.79. The highest BCUT2D eigenvalue weighted by atomic mass is 35.5. The number of aldehydes is 1. The first-order valence-corrected chi connectivity index (χ1v) is 3.01. The van der Waals surface area contributed by atoms with Crippen LogP contribution in [-0.4, -0.2) is 6.29 Å². The Bertz CT molecular complexity index is 235. The molecule has 0 N–H and O–H groups in total. The lowest BCUT2D eigenvalue weighted by molar-refractivity contribution is 0.112. The summed E-state index contributed by atoms with van der Waals surface area (Å²) in [6.07, 6.45) is 0.736. The van der Waals surface area contributed by atoms with Crippen LogP contribution in [0.25, 0.3) is 0 Å². The van der Waals surface area contributed by atoms with Crippen molar-refractivity contribution in [1.82, 2.24) is 0 Å². The Hall–Kier alpha value is -1.02. The molecule has 52 valence electrons. The molecule has 0 aliphatic carbocycles. The molecular weight excluding hydrogens is 152 g/mol. The van der Waals surface area contributed by atoms with Crippen molar-refractivity contribution in [2.75, 3.05) is 0 Å². The van der Waals surface area contributed by atoms with Gasteiger partial charge >= 0.3 is 0 Å². The molecule has 0 atom stereocenters. The molecule has 0 aliphatic rings. The van der Waals surface area contributed by atoms with Crippen LogP contribution in [0, 0.1) is 0 Å². The number of halogens is 1. The summed E-state index contributed by atoms with van der Waals surface area (Å²) in [7, 11) is 0. The van der Waals surface area contributed by atoms with E-state index in [1.54, 1.807) is 24.3 Å². The lowest BCUT2D eigenvalue weighted by atomic mass is 10.2. The van der Waals surface area contributed by atoms with Gasteiger partial charge in [-0.2, -0.15) is 0 Å². The Morgan fingerprint density at radius 2 is 2.30 bits per heavy atom. The summed E-state index contributed by atoms with van der Waals surface area (Å²) in [5, 5.41) is 0. The maximum Gasteiger partial charge on any atom is 0.150 e. The lowest BCUT2D eigenvalue weighted by Gasteiger charge is -1.93. The minimum absolute atomic E-state index is 0.478. The second kappa shape index (κ2) is 3.22. The first-order chi connectivity index (χ1) is 4.86. The van der Waals surface area contributed by atoms with Crippen LogP contribution in [0.15, 0.2) is 24.3 Å². The number of hydrogen-bond donors (Lipinski definition) is 0. The summed E-state index contributed by atoms with van der Waals surface area (Å²) in [6.45, 7) is 0. The molecule has 0 amide bonds. The largest absolute Gasteiger partial charge is 0.386 e. The highest BCUT2D eigenvalue weighted by molar-refractivity contribution is 6.09. The van der Waals surface area contributed by atoms with E-state index in [4.69, 9.17) is 11.9 Å². The van der Waals surface area contributed by atoms with Crippen LogP contribution in [0.5, 0.6) is 5.75 Å². The average molecular weight is 157 g/mol. The molecule has 0 radical (unpaired) electrons. The molecule has 0 bridgehead atoms. The summed E-state index contributed by atoms with van der Waals surface area (Å²) in [6, 6.07) is 6.59. The van der Waals surface area contributed by atoms with Crippen molar-refractivity contribution in [1.29, 1.82) is 0 Å². The predicted molar refractivity (Wildman–Crippen MR) is 38.3 cm³/mol. The number of rotatable bonds is 2. The van der Waals surface area contributed by atoms with Gasteiger partial charge < -0.3 is 4.29 Å². The maximum absolute atomic E-state index is 10.2. The van der Waals surface area contributed by atoms with Gasteiger partial charge in [0.15, 0.2) is 0 Å². The van der Waals surface area contributed by atoms with Crippen LogP contribution in [0.4, 0.5) is 0 Å². The normalized spacial score (nSPS) is 8.90. The zero-order chi connectivity index (χ0) is 7.40. The minimum atomic E-state index is 0.478. The van der Waals surface area contributed by atoms with Crippen molar-refractivity contribution in [3.05, 3.63) is 29.8 Å². The highest BCUT2D eigenvalue weighted by Gasteiger charge is 1.92. The van der Waals surface area contributed by atoms with Crippen molar-refractivity contribution in [3.63, 3.8) is 0 Å². The molecule has 0 aliphatic heterocycles. The molecule has 0 saturated heterocycles. The van der Waals surface area contributed by atoms with Crippen LogP contribution >= 0.6 is 11.9 Å². The topological polar surface area (TPSA) is 26.3 Å². The van der Waals surface area contributed by atoms with Gasteiger partial charge in [-0.15, -0.1) is 0 Å². The van der Waals surface area contributed by atoms with Crippen LogP contribution in [0.1, 0.15) is 10.4 Å². The van der Waals surface area contributed by atoms with E-state index in [2.05, 4.69) is 4.29 Å². The second-order valence-corrected chi connectivity index (χ2v) is 1.92. The smallest absolute Gasteiger partial charge is 0.150 e. The van der Waals surface area contributed by atoms with E-state index < -0.39 is 0 Å². The molecule has 1 aromatic carbocycles. The van der Waals surface area contributed by atoms with E-state index in [1.807, 2.05) is 0 Å². The summed E-state index contributed by atoms with van der Waals surface area (Å²) in [5.41, 5.74) is 0.554. The van der Waals surface area contributed by atoms with Crippen LogP contribution in [0.3, 0.4) is 0 Å². The predicted octanol–water partition coefficient (Wildman–Crippen LogP) is 2.03. The summed E-state index contributed by atoms with van der Waals surface area (Å²) in [5.74, 6) is 0.478. The molecule has 0 saturated carbocycles. The monoisotopic (exact) mass is 156 g/mol. The number of carbonyl (C=O) groups is 1. The fraction of sp³-hybridized carbons (Fsp3) is 0. The Balaban J connectivity index is 2.98. The standard InChI is InChI=1S/C7H5ClO2/c8-10-7-3-1-2-6(4-7)5-9/h1-5H. The van der Waals surface area contributed by atoms with E-state index >= 15 is 0 Å². The SMILES string of the molecule is O=Cc1cccc(OCl)c1. The van der Waals surface area contributed by atoms with Crippen LogP contribution in [-0.2, 0) is 0 Å². The zero-order valence-corrected chi connectivity index (χ0v) is 5.84. The van der Waals surface area contributed by atoms with Gasteiger partial charge in [-0.3, -0.25) is 4.79 Å². The van der Waals surface area contributed by atoms with Crippen molar-refractivity contribution in [3.8, 4) is 5.75 Å². The van der Waals surface area contributed by atoms with Gasteiger partial charge in [0.05, 0.1) is 0 Å². The van der Waals surface area contributed by atoms with Gasteiger partial charge in [0.2, 0.25) is 0 Å². The van der Waals surface area contributed by atoms with Crippen LogP contribution < -0.4 is 4.29 Å². The Kier molecular flexibility index (Phi) is 2.29. The van der Waals surface area contributed by atoms with Crippen LogP contribution in [0.2, 0.25) is 0 Å². The molecule has 0 heterocycles. The third kappa shape index (κ3) is 1.48.